The van der Waals surface area contributed by atoms with E-state index in [1.54, 1.807) is 0 Å². The molecule has 0 radical (unpaired) electrons. The Balaban J connectivity index is 0.00000261. The maximum Gasteiger partial charge on any atom is 0.191 e. The molecule has 2 heterocycles. The lowest BCUT2D eigenvalue weighted by Crippen LogP contribution is -2.45. The third-order valence-electron chi connectivity index (χ3n) is 5.69. The van der Waals surface area contributed by atoms with Gasteiger partial charge in [0.15, 0.2) is 5.96 Å². The van der Waals surface area contributed by atoms with Gasteiger partial charge in [0.05, 0.1) is 0 Å². The molecule has 27 heavy (non-hydrogen) atoms. The van der Waals surface area contributed by atoms with E-state index in [1.165, 1.54) is 44.6 Å². The second-order valence-corrected chi connectivity index (χ2v) is 7.79. The fourth-order valence-corrected chi connectivity index (χ4v) is 3.93. The topological polar surface area (TPSA) is 42.9 Å². The van der Waals surface area contributed by atoms with E-state index in [-0.39, 0.29) is 24.0 Å². The third-order valence-corrected chi connectivity index (χ3v) is 5.69. The number of halogens is 1. The van der Waals surface area contributed by atoms with E-state index in [0.29, 0.717) is 6.04 Å². The molecule has 2 N–H and O–H groups in total. The molecule has 0 aliphatic carbocycles. The van der Waals surface area contributed by atoms with Crippen LogP contribution in [0.2, 0.25) is 0 Å². The third kappa shape index (κ3) is 7.14. The highest BCUT2D eigenvalue weighted by molar-refractivity contribution is 14.0. The van der Waals surface area contributed by atoms with Crippen molar-refractivity contribution in [2.45, 2.75) is 38.6 Å². The van der Waals surface area contributed by atoms with Crippen LogP contribution >= 0.6 is 24.0 Å². The van der Waals surface area contributed by atoms with Gasteiger partial charge in [-0.1, -0.05) is 25.1 Å². The molecule has 2 aliphatic heterocycles. The van der Waals surface area contributed by atoms with Crippen molar-refractivity contribution in [1.82, 2.24) is 15.5 Å². The van der Waals surface area contributed by atoms with Crippen LogP contribution < -0.4 is 15.5 Å². The highest BCUT2D eigenvalue weighted by Gasteiger charge is 2.23. The van der Waals surface area contributed by atoms with Crippen LogP contribution in [-0.2, 0) is 0 Å². The lowest BCUT2D eigenvalue weighted by Gasteiger charge is -2.30. The van der Waals surface area contributed by atoms with Crippen LogP contribution in [0.5, 0.6) is 0 Å². The summed E-state index contributed by atoms with van der Waals surface area (Å²) in [4.78, 5) is 9.46. The molecule has 2 saturated heterocycles. The van der Waals surface area contributed by atoms with Gasteiger partial charge in [-0.15, -0.1) is 24.0 Å². The molecule has 152 valence electrons. The number of anilines is 1. The van der Waals surface area contributed by atoms with Gasteiger partial charge in [0.1, 0.15) is 0 Å². The van der Waals surface area contributed by atoms with E-state index in [1.807, 2.05) is 7.05 Å². The summed E-state index contributed by atoms with van der Waals surface area (Å²) in [6.07, 6.45) is 5.05. The van der Waals surface area contributed by atoms with Crippen molar-refractivity contribution in [3.05, 3.63) is 30.3 Å². The Labute approximate surface area is 182 Å². The predicted octanol–water partition coefficient (Wildman–Crippen LogP) is 3.17. The normalized spacial score (nSPS) is 21.8. The first kappa shape index (κ1) is 22.3. The number of nitrogens with one attached hydrogen (secondary N) is 2. The van der Waals surface area contributed by atoms with Gasteiger partial charge in [-0.2, -0.15) is 0 Å². The maximum absolute atomic E-state index is 4.41. The summed E-state index contributed by atoms with van der Waals surface area (Å²) in [7, 11) is 1.87. The largest absolute Gasteiger partial charge is 0.369 e. The molecule has 0 aromatic heterocycles. The zero-order valence-corrected chi connectivity index (χ0v) is 19.2. The Kier molecular flexibility index (Phi) is 9.68. The molecule has 1 aromatic carbocycles. The first-order valence-electron chi connectivity index (χ1n) is 10.2. The number of piperidine rings is 1. The Hall–Kier alpha value is -1.02. The Bertz CT molecular complexity index is 557. The number of aliphatic imine (C=N–C) groups is 1. The zero-order valence-electron chi connectivity index (χ0n) is 16.9. The monoisotopic (exact) mass is 485 g/mol. The number of rotatable bonds is 6. The van der Waals surface area contributed by atoms with E-state index >= 15 is 0 Å². The second-order valence-electron chi connectivity index (χ2n) is 7.79. The summed E-state index contributed by atoms with van der Waals surface area (Å²) in [5.41, 5.74) is 1.32. The van der Waals surface area contributed by atoms with Crippen LogP contribution in [0.15, 0.2) is 35.3 Å². The fourth-order valence-electron chi connectivity index (χ4n) is 3.93. The molecule has 1 atom stereocenters. The van der Waals surface area contributed by atoms with Crippen LogP contribution in [0, 0.1) is 5.92 Å². The average molecular weight is 485 g/mol. The lowest BCUT2D eigenvalue weighted by molar-refractivity contribution is 0.191. The smallest absolute Gasteiger partial charge is 0.191 e. The number of benzene rings is 1. The van der Waals surface area contributed by atoms with Crippen molar-refractivity contribution in [3.8, 4) is 0 Å². The highest BCUT2D eigenvalue weighted by atomic mass is 127. The SMILES string of the molecule is CN=C(NCCCN1CCC(C)CC1)NC1CCN(c2ccccc2)C1.I. The van der Waals surface area contributed by atoms with Gasteiger partial charge in [-0.25, -0.2) is 0 Å². The minimum atomic E-state index is 0. The highest BCUT2D eigenvalue weighted by Crippen LogP contribution is 2.19. The molecular formula is C21H36IN5. The molecule has 1 aromatic rings. The summed E-state index contributed by atoms with van der Waals surface area (Å²) in [6, 6.07) is 11.1. The van der Waals surface area contributed by atoms with Gasteiger partial charge in [0.2, 0.25) is 0 Å². The maximum atomic E-state index is 4.41. The van der Waals surface area contributed by atoms with Crippen molar-refractivity contribution < 1.29 is 0 Å². The predicted molar refractivity (Wildman–Crippen MR) is 126 cm³/mol. The molecule has 0 amide bonds. The number of hydrogen-bond donors (Lipinski definition) is 2. The van der Waals surface area contributed by atoms with Crippen LogP contribution in [0.4, 0.5) is 5.69 Å². The molecule has 0 spiro atoms. The van der Waals surface area contributed by atoms with Crippen molar-refractivity contribution in [3.63, 3.8) is 0 Å². The number of hydrogen-bond acceptors (Lipinski definition) is 3. The summed E-state index contributed by atoms with van der Waals surface area (Å²) in [5, 5.41) is 7.09. The minimum absolute atomic E-state index is 0. The second kappa shape index (κ2) is 11.7. The van der Waals surface area contributed by atoms with E-state index in [9.17, 15) is 0 Å². The Morgan fingerprint density at radius 2 is 1.85 bits per heavy atom. The van der Waals surface area contributed by atoms with E-state index < -0.39 is 0 Å². The zero-order chi connectivity index (χ0) is 18.2. The first-order valence-corrected chi connectivity index (χ1v) is 10.2. The molecule has 2 fully saturated rings. The number of guanidine groups is 1. The Morgan fingerprint density at radius 3 is 2.56 bits per heavy atom. The summed E-state index contributed by atoms with van der Waals surface area (Å²) in [5.74, 6) is 1.85. The van der Waals surface area contributed by atoms with Crippen molar-refractivity contribution in [2.24, 2.45) is 10.9 Å². The lowest BCUT2D eigenvalue weighted by atomic mass is 9.99. The van der Waals surface area contributed by atoms with Crippen LogP contribution in [0.1, 0.15) is 32.6 Å². The van der Waals surface area contributed by atoms with Gasteiger partial charge < -0.3 is 20.4 Å². The van der Waals surface area contributed by atoms with E-state index in [4.69, 9.17) is 0 Å². The van der Waals surface area contributed by atoms with Gasteiger partial charge in [-0.3, -0.25) is 4.99 Å². The first-order chi connectivity index (χ1) is 12.7. The number of likely N-dealkylation sites (tertiary alicyclic amines) is 1. The minimum Gasteiger partial charge on any atom is -0.369 e. The van der Waals surface area contributed by atoms with Gasteiger partial charge in [0, 0.05) is 38.4 Å². The molecule has 6 heteroatoms. The van der Waals surface area contributed by atoms with Crippen molar-refractivity contribution in [2.75, 3.05) is 51.2 Å². The van der Waals surface area contributed by atoms with E-state index in [0.717, 1.165) is 37.9 Å². The van der Waals surface area contributed by atoms with Gasteiger partial charge in [-0.05, 0) is 63.4 Å². The molecule has 5 nitrogen and oxygen atoms in total. The molecule has 3 rings (SSSR count). The quantitative estimate of drug-likeness (QED) is 0.281. The van der Waals surface area contributed by atoms with Crippen LogP contribution in [-0.4, -0.2) is 63.2 Å². The number of para-hydroxylation sites is 1. The molecule has 0 saturated carbocycles. The van der Waals surface area contributed by atoms with Crippen molar-refractivity contribution >= 4 is 35.6 Å². The average Bonchev–Trinajstić information content (AvgIpc) is 3.15. The Morgan fingerprint density at radius 1 is 1.11 bits per heavy atom. The van der Waals surface area contributed by atoms with Gasteiger partial charge >= 0.3 is 0 Å². The van der Waals surface area contributed by atoms with Gasteiger partial charge in [0.25, 0.3) is 0 Å². The molecule has 0 bridgehead atoms. The fraction of sp³-hybridized carbons (Fsp3) is 0.667. The summed E-state index contributed by atoms with van der Waals surface area (Å²) < 4.78 is 0. The van der Waals surface area contributed by atoms with Crippen LogP contribution in [0.3, 0.4) is 0 Å². The standard InChI is InChI=1S/C21H35N5.HI/c1-18-9-14-25(15-10-18)13-6-12-23-21(22-2)24-19-11-16-26(17-19)20-7-4-3-5-8-20;/h3-5,7-8,18-19H,6,9-17H2,1-2H3,(H2,22,23,24);1H. The molecular weight excluding hydrogens is 449 g/mol. The molecule has 1 unspecified atom stereocenters. The van der Waals surface area contributed by atoms with E-state index in [2.05, 4.69) is 62.7 Å². The molecule has 2 aliphatic rings. The summed E-state index contributed by atoms with van der Waals surface area (Å²) >= 11 is 0. The summed E-state index contributed by atoms with van der Waals surface area (Å²) in [6.45, 7) is 9.24. The van der Waals surface area contributed by atoms with Crippen LogP contribution in [0.25, 0.3) is 0 Å². The number of nitrogens with zero attached hydrogens (tertiary/aromatic N) is 3. The van der Waals surface area contributed by atoms with Crippen molar-refractivity contribution in [1.29, 1.82) is 0 Å².